The maximum Gasteiger partial charge on any atom is 0.332 e. The molecular weight excluding hydrogens is 420 g/mol. The smallest absolute Gasteiger partial charge is 0.309 e. The molecule has 0 fully saturated rings. The molecule has 0 N–H and O–H groups in total. The van der Waals surface area contributed by atoms with Gasteiger partial charge in [0.05, 0.1) is 6.54 Å². The van der Waals surface area contributed by atoms with Gasteiger partial charge in [-0.15, -0.1) is 0 Å². The number of imidazole rings is 1. The summed E-state index contributed by atoms with van der Waals surface area (Å²) in [5.41, 5.74) is 1.06. The minimum atomic E-state index is -0.373. The van der Waals surface area contributed by atoms with E-state index in [2.05, 4.69) is 11.9 Å². The van der Waals surface area contributed by atoms with Crippen LogP contribution in [0.4, 0.5) is 0 Å². The fraction of sp³-hybridized carbons (Fsp3) is 0.500. The summed E-state index contributed by atoms with van der Waals surface area (Å²) < 4.78 is 4.48. The largest absolute Gasteiger partial charge is 0.332 e. The van der Waals surface area contributed by atoms with Crippen LogP contribution in [-0.2, 0) is 20.6 Å². The number of thioether (sulfide) groups is 1. The number of halogens is 1. The van der Waals surface area contributed by atoms with E-state index in [9.17, 15) is 9.59 Å². The van der Waals surface area contributed by atoms with Crippen molar-refractivity contribution in [1.29, 1.82) is 0 Å². The maximum atomic E-state index is 12.9. The fourth-order valence-corrected chi connectivity index (χ4v) is 4.72. The van der Waals surface area contributed by atoms with E-state index in [1.165, 1.54) is 43.7 Å². The van der Waals surface area contributed by atoms with Crippen LogP contribution in [0, 0.1) is 0 Å². The molecule has 2 aromatic heterocycles. The molecule has 8 heteroatoms. The summed E-state index contributed by atoms with van der Waals surface area (Å²) in [7, 11) is 3.15. The Balaban J connectivity index is 1.94. The minimum Gasteiger partial charge on any atom is -0.309 e. The van der Waals surface area contributed by atoms with Crippen LogP contribution in [0.5, 0.6) is 0 Å². The van der Waals surface area contributed by atoms with Crippen molar-refractivity contribution in [2.45, 2.75) is 57.1 Å². The number of nitrogens with zero attached hydrogens (tertiary/aromatic N) is 4. The normalized spacial score (nSPS) is 11.5. The van der Waals surface area contributed by atoms with Gasteiger partial charge in [0.1, 0.15) is 0 Å². The van der Waals surface area contributed by atoms with Crippen molar-refractivity contribution in [3.8, 4) is 0 Å². The SMILES string of the molecule is CCCCCCCCSc1nc2c(c(=O)n(C)c(=O)n2C)n1Cc1ccccc1Cl. The Morgan fingerprint density at radius 1 is 1.00 bits per heavy atom. The molecule has 0 aliphatic carbocycles. The van der Waals surface area contributed by atoms with Gasteiger partial charge >= 0.3 is 5.69 Å². The van der Waals surface area contributed by atoms with E-state index in [-0.39, 0.29) is 11.2 Å². The standard InChI is InChI=1S/C22H29ClN4O2S/c1-4-5-6-7-8-11-14-30-21-24-19-18(20(28)26(3)22(29)25(19)2)27(21)15-16-12-9-10-13-17(16)23/h9-10,12-13H,4-8,11,14-15H2,1-3H3. The molecular formula is C22H29ClN4O2S. The third-order valence-electron chi connectivity index (χ3n) is 5.33. The Hall–Kier alpha value is -1.99. The summed E-state index contributed by atoms with van der Waals surface area (Å²) >= 11 is 8.02. The van der Waals surface area contributed by atoms with E-state index in [4.69, 9.17) is 11.6 Å². The second kappa shape index (κ2) is 10.4. The van der Waals surface area contributed by atoms with Crippen LogP contribution in [0.3, 0.4) is 0 Å². The van der Waals surface area contributed by atoms with Crippen molar-refractivity contribution in [3.05, 3.63) is 55.7 Å². The molecule has 0 spiro atoms. The zero-order valence-electron chi connectivity index (χ0n) is 17.9. The van der Waals surface area contributed by atoms with Gasteiger partial charge in [-0.1, -0.05) is 80.6 Å². The van der Waals surface area contributed by atoms with Crippen molar-refractivity contribution in [1.82, 2.24) is 18.7 Å². The highest BCUT2D eigenvalue weighted by molar-refractivity contribution is 7.99. The molecule has 162 valence electrons. The zero-order chi connectivity index (χ0) is 21.7. The molecule has 0 radical (unpaired) electrons. The van der Waals surface area contributed by atoms with Crippen LogP contribution in [0.2, 0.25) is 5.02 Å². The predicted molar refractivity (Wildman–Crippen MR) is 125 cm³/mol. The second-order valence-electron chi connectivity index (χ2n) is 7.57. The number of rotatable bonds is 10. The Morgan fingerprint density at radius 2 is 1.70 bits per heavy atom. The highest BCUT2D eigenvalue weighted by Gasteiger charge is 2.20. The Labute approximate surface area is 185 Å². The van der Waals surface area contributed by atoms with Crippen molar-refractivity contribution >= 4 is 34.5 Å². The van der Waals surface area contributed by atoms with Gasteiger partial charge in [-0.05, 0) is 18.1 Å². The first-order chi connectivity index (χ1) is 14.5. The van der Waals surface area contributed by atoms with Gasteiger partial charge in [-0.25, -0.2) is 9.78 Å². The van der Waals surface area contributed by atoms with E-state index in [0.717, 1.165) is 27.5 Å². The topological polar surface area (TPSA) is 61.8 Å². The summed E-state index contributed by atoms with van der Waals surface area (Å²) in [5.74, 6) is 0.923. The first kappa shape index (κ1) is 22.7. The lowest BCUT2D eigenvalue weighted by Crippen LogP contribution is -2.37. The first-order valence-corrected chi connectivity index (χ1v) is 11.8. The van der Waals surface area contributed by atoms with E-state index >= 15 is 0 Å². The van der Waals surface area contributed by atoms with Crippen molar-refractivity contribution in [3.63, 3.8) is 0 Å². The number of aromatic nitrogens is 4. The number of hydrogen-bond donors (Lipinski definition) is 0. The predicted octanol–water partition coefficient (Wildman–Crippen LogP) is 4.59. The van der Waals surface area contributed by atoms with Crippen LogP contribution >= 0.6 is 23.4 Å². The van der Waals surface area contributed by atoms with E-state index in [1.54, 1.807) is 18.8 Å². The molecule has 0 saturated heterocycles. The molecule has 0 amide bonds. The molecule has 0 aliphatic rings. The lowest BCUT2D eigenvalue weighted by atomic mass is 10.1. The van der Waals surface area contributed by atoms with Crippen molar-refractivity contribution in [2.75, 3.05) is 5.75 Å². The highest BCUT2D eigenvalue weighted by Crippen LogP contribution is 2.26. The highest BCUT2D eigenvalue weighted by atomic mass is 35.5. The summed E-state index contributed by atoms with van der Waals surface area (Å²) in [4.78, 5) is 30.0. The van der Waals surface area contributed by atoms with Gasteiger partial charge in [-0.2, -0.15) is 0 Å². The Bertz CT molecular complexity index is 1130. The number of benzene rings is 1. The molecule has 0 aliphatic heterocycles. The zero-order valence-corrected chi connectivity index (χ0v) is 19.4. The molecule has 0 atom stereocenters. The van der Waals surface area contributed by atoms with Gasteiger partial charge in [0.2, 0.25) is 0 Å². The molecule has 1 aromatic carbocycles. The lowest BCUT2D eigenvalue weighted by molar-refractivity contribution is 0.626. The summed E-state index contributed by atoms with van der Waals surface area (Å²) in [5, 5.41) is 1.39. The average molecular weight is 449 g/mol. The van der Waals surface area contributed by atoms with Gasteiger partial charge in [0.15, 0.2) is 16.3 Å². The fourth-order valence-electron chi connectivity index (χ4n) is 3.53. The quantitative estimate of drug-likeness (QED) is 0.336. The molecule has 0 bridgehead atoms. The third kappa shape index (κ3) is 4.83. The Morgan fingerprint density at radius 3 is 2.43 bits per heavy atom. The van der Waals surface area contributed by atoms with E-state index in [0.29, 0.717) is 22.7 Å². The molecule has 30 heavy (non-hydrogen) atoms. The van der Waals surface area contributed by atoms with E-state index in [1.807, 2.05) is 28.8 Å². The number of aryl methyl sites for hydroxylation is 1. The summed E-state index contributed by atoms with van der Waals surface area (Å²) in [6.45, 7) is 2.65. The van der Waals surface area contributed by atoms with Crippen LogP contribution < -0.4 is 11.2 Å². The second-order valence-corrected chi connectivity index (χ2v) is 9.04. The van der Waals surface area contributed by atoms with E-state index < -0.39 is 0 Å². The third-order valence-corrected chi connectivity index (χ3v) is 6.76. The van der Waals surface area contributed by atoms with Gasteiger partial charge in [0, 0.05) is 24.9 Å². The van der Waals surface area contributed by atoms with Crippen molar-refractivity contribution < 1.29 is 0 Å². The summed E-state index contributed by atoms with van der Waals surface area (Å²) in [6, 6.07) is 7.60. The molecule has 3 rings (SSSR count). The summed E-state index contributed by atoms with van der Waals surface area (Å²) in [6.07, 6.45) is 7.36. The van der Waals surface area contributed by atoms with Crippen LogP contribution in [-0.4, -0.2) is 24.4 Å². The van der Waals surface area contributed by atoms with Crippen LogP contribution in [0.25, 0.3) is 11.2 Å². The van der Waals surface area contributed by atoms with Crippen LogP contribution in [0.15, 0.2) is 39.0 Å². The maximum absolute atomic E-state index is 12.9. The first-order valence-electron chi connectivity index (χ1n) is 10.5. The Kier molecular flexibility index (Phi) is 7.83. The van der Waals surface area contributed by atoms with Gasteiger partial charge in [-0.3, -0.25) is 13.9 Å². The monoisotopic (exact) mass is 448 g/mol. The van der Waals surface area contributed by atoms with Gasteiger partial charge in [0.25, 0.3) is 5.56 Å². The molecule has 2 heterocycles. The number of unbranched alkanes of at least 4 members (excludes halogenated alkanes) is 5. The lowest BCUT2D eigenvalue weighted by Gasteiger charge is -2.11. The van der Waals surface area contributed by atoms with Crippen molar-refractivity contribution in [2.24, 2.45) is 14.1 Å². The molecule has 3 aromatic rings. The van der Waals surface area contributed by atoms with Crippen LogP contribution in [0.1, 0.15) is 51.0 Å². The molecule has 0 saturated carbocycles. The number of hydrogen-bond acceptors (Lipinski definition) is 4. The minimum absolute atomic E-state index is 0.334. The average Bonchev–Trinajstić information content (AvgIpc) is 3.10. The molecule has 0 unspecified atom stereocenters. The van der Waals surface area contributed by atoms with Gasteiger partial charge < -0.3 is 4.57 Å². The number of fused-ring (bicyclic) bond motifs is 1. The molecule has 6 nitrogen and oxygen atoms in total.